The topological polar surface area (TPSA) is 0 Å². The van der Waals surface area contributed by atoms with Crippen molar-refractivity contribution in [2.75, 3.05) is 0 Å². The molecule has 0 aliphatic heterocycles. The summed E-state index contributed by atoms with van der Waals surface area (Å²) in [6, 6.07) is 10.7. The first kappa shape index (κ1) is 14.5. The highest BCUT2D eigenvalue weighted by atomic mass is 19.4. The lowest BCUT2D eigenvalue weighted by atomic mass is 10.0. The SMILES string of the molecule is Fc1cc(CCc2ccccc2)cc(F)c1C(F)(F)F. The van der Waals surface area contributed by atoms with Gasteiger partial charge in [0.25, 0.3) is 0 Å². The van der Waals surface area contributed by atoms with E-state index in [2.05, 4.69) is 0 Å². The van der Waals surface area contributed by atoms with Crippen molar-refractivity contribution in [3.63, 3.8) is 0 Å². The molecule has 0 amide bonds. The van der Waals surface area contributed by atoms with E-state index in [1.807, 2.05) is 30.3 Å². The van der Waals surface area contributed by atoms with Crippen molar-refractivity contribution in [2.24, 2.45) is 0 Å². The van der Waals surface area contributed by atoms with Gasteiger partial charge < -0.3 is 0 Å². The quantitative estimate of drug-likeness (QED) is 0.713. The predicted molar refractivity (Wildman–Crippen MR) is 65.2 cm³/mol. The standard InChI is InChI=1S/C15H11F5/c16-12-8-11(7-6-10-4-2-1-3-5-10)9-13(17)14(12)15(18,19)20/h1-5,8-9H,6-7H2. The number of aryl methyl sites for hydroxylation is 2. The number of halogens is 5. The van der Waals surface area contributed by atoms with E-state index in [0.29, 0.717) is 6.42 Å². The molecule has 0 bridgehead atoms. The molecule has 0 atom stereocenters. The lowest BCUT2D eigenvalue weighted by molar-refractivity contribution is -0.142. The van der Waals surface area contributed by atoms with Crippen molar-refractivity contribution in [3.8, 4) is 0 Å². The maximum atomic E-state index is 13.4. The van der Waals surface area contributed by atoms with Crippen molar-refractivity contribution < 1.29 is 22.0 Å². The first-order valence-electron chi connectivity index (χ1n) is 5.97. The van der Waals surface area contributed by atoms with Gasteiger partial charge in [0.1, 0.15) is 17.2 Å². The zero-order valence-corrected chi connectivity index (χ0v) is 10.3. The largest absolute Gasteiger partial charge is 0.422 e. The van der Waals surface area contributed by atoms with Crippen LogP contribution in [0.15, 0.2) is 42.5 Å². The Labute approximate surface area is 112 Å². The zero-order valence-electron chi connectivity index (χ0n) is 10.3. The number of rotatable bonds is 3. The smallest absolute Gasteiger partial charge is 0.206 e. The Balaban J connectivity index is 2.19. The van der Waals surface area contributed by atoms with Gasteiger partial charge in [0.15, 0.2) is 0 Å². The van der Waals surface area contributed by atoms with E-state index < -0.39 is 23.4 Å². The minimum absolute atomic E-state index is 0.205. The fourth-order valence-corrected chi connectivity index (χ4v) is 1.97. The van der Waals surface area contributed by atoms with Crippen LogP contribution < -0.4 is 0 Å². The molecule has 0 unspecified atom stereocenters. The fraction of sp³-hybridized carbons (Fsp3) is 0.200. The highest BCUT2D eigenvalue weighted by Gasteiger charge is 2.37. The molecule has 0 saturated carbocycles. The Morgan fingerprint density at radius 1 is 0.750 bits per heavy atom. The molecule has 0 aromatic heterocycles. The van der Waals surface area contributed by atoms with Gasteiger partial charge in [-0.25, -0.2) is 8.78 Å². The Morgan fingerprint density at radius 3 is 1.75 bits per heavy atom. The fourth-order valence-electron chi connectivity index (χ4n) is 1.97. The molecule has 2 aromatic carbocycles. The summed E-state index contributed by atoms with van der Waals surface area (Å²) in [5.41, 5.74) is -0.675. The maximum Gasteiger partial charge on any atom is 0.422 e. The van der Waals surface area contributed by atoms with Crippen LogP contribution in [0.25, 0.3) is 0 Å². The molecular weight excluding hydrogens is 275 g/mol. The molecule has 0 nitrogen and oxygen atoms in total. The summed E-state index contributed by atoms with van der Waals surface area (Å²) >= 11 is 0. The second-order valence-electron chi connectivity index (χ2n) is 4.42. The van der Waals surface area contributed by atoms with E-state index in [-0.39, 0.29) is 12.0 Å². The zero-order chi connectivity index (χ0) is 14.8. The van der Waals surface area contributed by atoms with Crippen LogP contribution in [0, 0.1) is 11.6 Å². The van der Waals surface area contributed by atoms with Gasteiger partial charge in [-0.3, -0.25) is 0 Å². The molecule has 106 valence electrons. The average molecular weight is 286 g/mol. The summed E-state index contributed by atoms with van der Waals surface area (Å²) in [5.74, 6) is -3.14. The second kappa shape index (κ2) is 5.61. The molecule has 2 rings (SSSR count). The maximum absolute atomic E-state index is 13.4. The van der Waals surface area contributed by atoms with Gasteiger partial charge in [-0.2, -0.15) is 13.2 Å². The van der Waals surface area contributed by atoms with E-state index in [1.54, 1.807) is 0 Å². The van der Waals surface area contributed by atoms with Crippen LogP contribution in [0.2, 0.25) is 0 Å². The summed E-state index contributed by atoms with van der Waals surface area (Å²) in [6.07, 6.45) is -4.24. The highest BCUT2D eigenvalue weighted by molar-refractivity contribution is 5.29. The summed E-state index contributed by atoms with van der Waals surface area (Å²) < 4.78 is 64.0. The Morgan fingerprint density at radius 2 is 1.25 bits per heavy atom. The number of hydrogen-bond acceptors (Lipinski definition) is 0. The van der Waals surface area contributed by atoms with E-state index in [1.165, 1.54) is 0 Å². The predicted octanol–water partition coefficient (Wildman–Crippen LogP) is 4.77. The van der Waals surface area contributed by atoms with Gasteiger partial charge in [-0.05, 0) is 36.1 Å². The summed E-state index contributed by atoms with van der Waals surface area (Å²) in [6.45, 7) is 0. The third-order valence-corrected chi connectivity index (χ3v) is 2.93. The van der Waals surface area contributed by atoms with Crippen LogP contribution in [-0.4, -0.2) is 0 Å². The molecule has 0 N–H and O–H groups in total. The molecule has 0 saturated heterocycles. The van der Waals surface area contributed by atoms with Crippen LogP contribution in [0.5, 0.6) is 0 Å². The first-order chi connectivity index (χ1) is 9.38. The van der Waals surface area contributed by atoms with Crippen LogP contribution in [-0.2, 0) is 19.0 Å². The van der Waals surface area contributed by atoms with Crippen LogP contribution in [0.4, 0.5) is 22.0 Å². The highest BCUT2D eigenvalue weighted by Crippen LogP contribution is 2.34. The van der Waals surface area contributed by atoms with Gasteiger partial charge >= 0.3 is 6.18 Å². The molecule has 2 aromatic rings. The Kier molecular flexibility index (Phi) is 4.06. The van der Waals surface area contributed by atoms with E-state index >= 15 is 0 Å². The van der Waals surface area contributed by atoms with Gasteiger partial charge in [0, 0.05) is 0 Å². The van der Waals surface area contributed by atoms with Crippen molar-refractivity contribution in [1.29, 1.82) is 0 Å². The number of alkyl halides is 3. The molecule has 0 aliphatic rings. The van der Waals surface area contributed by atoms with Gasteiger partial charge in [-0.1, -0.05) is 30.3 Å². The third-order valence-electron chi connectivity index (χ3n) is 2.93. The van der Waals surface area contributed by atoms with Crippen molar-refractivity contribution >= 4 is 0 Å². The van der Waals surface area contributed by atoms with Crippen molar-refractivity contribution in [1.82, 2.24) is 0 Å². The van der Waals surface area contributed by atoms with E-state index in [4.69, 9.17) is 0 Å². The molecular formula is C15H11F5. The first-order valence-corrected chi connectivity index (χ1v) is 5.97. The molecule has 0 radical (unpaired) electrons. The summed E-state index contributed by atoms with van der Waals surface area (Å²) in [5, 5.41) is 0. The van der Waals surface area contributed by atoms with Crippen LogP contribution >= 0.6 is 0 Å². The minimum atomic E-state index is -5.02. The summed E-state index contributed by atoms with van der Waals surface area (Å²) in [7, 11) is 0. The molecule has 20 heavy (non-hydrogen) atoms. The lowest BCUT2D eigenvalue weighted by Crippen LogP contribution is -2.12. The Hall–Kier alpha value is -1.91. The number of benzene rings is 2. The second-order valence-corrected chi connectivity index (χ2v) is 4.42. The van der Waals surface area contributed by atoms with Crippen LogP contribution in [0.3, 0.4) is 0 Å². The van der Waals surface area contributed by atoms with Crippen molar-refractivity contribution in [3.05, 3.63) is 70.8 Å². The third kappa shape index (κ3) is 3.35. The monoisotopic (exact) mass is 286 g/mol. The van der Waals surface area contributed by atoms with Crippen molar-refractivity contribution in [2.45, 2.75) is 19.0 Å². The van der Waals surface area contributed by atoms with Gasteiger partial charge in [0.2, 0.25) is 0 Å². The molecule has 0 fully saturated rings. The molecule has 0 heterocycles. The van der Waals surface area contributed by atoms with Crippen LogP contribution in [0.1, 0.15) is 16.7 Å². The molecule has 5 heteroatoms. The Bertz CT molecular complexity index is 564. The van der Waals surface area contributed by atoms with E-state index in [9.17, 15) is 22.0 Å². The minimum Gasteiger partial charge on any atom is -0.206 e. The molecule has 0 spiro atoms. The average Bonchev–Trinajstić information content (AvgIpc) is 2.35. The summed E-state index contributed by atoms with van der Waals surface area (Å²) in [4.78, 5) is 0. The van der Waals surface area contributed by atoms with E-state index in [0.717, 1.165) is 17.7 Å². The normalized spacial score (nSPS) is 11.7. The lowest BCUT2D eigenvalue weighted by Gasteiger charge is -2.11. The van der Waals surface area contributed by atoms with Gasteiger partial charge in [-0.15, -0.1) is 0 Å². The van der Waals surface area contributed by atoms with Gasteiger partial charge in [0.05, 0.1) is 0 Å². The number of hydrogen-bond donors (Lipinski definition) is 0. The molecule has 0 aliphatic carbocycles.